The number of hydrogen-bond acceptors (Lipinski definition) is 4. The molecule has 4 rings (SSSR count). The fourth-order valence-electron chi connectivity index (χ4n) is 3.97. The SMILES string of the molecule is CC1CC12CCN(c1cccc(OCc3ccc(C#N)cc3F)n1)CC2. The fraction of sp³-hybridized carbons (Fsp3) is 0.429. The van der Waals surface area contributed by atoms with Crippen LogP contribution in [0.15, 0.2) is 36.4 Å². The van der Waals surface area contributed by atoms with E-state index in [1.54, 1.807) is 18.2 Å². The van der Waals surface area contributed by atoms with Gasteiger partial charge in [-0.3, -0.25) is 0 Å². The van der Waals surface area contributed by atoms with E-state index in [1.807, 2.05) is 18.2 Å². The molecule has 1 saturated heterocycles. The van der Waals surface area contributed by atoms with Gasteiger partial charge in [0, 0.05) is 24.7 Å². The lowest BCUT2D eigenvalue weighted by Crippen LogP contribution is -2.35. The molecule has 1 aliphatic carbocycles. The number of nitrogens with zero attached hydrogens (tertiary/aromatic N) is 3. The topological polar surface area (TPSA) is 49.1 Å². The molecule has 0 radical (unpaired) electrons. The van der Waals surface area contributed by atoms with E-state index in [-0.39, 0.29) is 6.61 Å². The van der Waals surface area contributed by atoms with Crippen molar-refractivity contribution in [3.05, 3.63) is 53.3 Å². The molecular weight excluding hydrogens is 329 g/mol. The van der Waals surface area contributed by atoms with E-state index in [0.717, 1.165) is 24.8 Å². The van der Waals surface area contributed by atoms with E-state index < -0.39 is 5.82 Å². The first-order chi connectivity index (χ1) is 12.6. The number of anilines is 1. The molecule has 1 aromatic heterocycles. The Morgan fingerprint density at radius 1 is 1.31 bits per heavy atom. The number of ether oxygens (including phenoxy) is 1. The highest BCUT2D eigenvalue weighted by Gasteiger charge is 2.51. The minimum absolute atomic E-state index is 0.0919. The van der Waals surface area contributed by atoms with E-state index in [1.165, 1.54) is 25.3 Å². The van der Waals surface area contributed by atoms with Crippen LogP contribution in [0.3, 0.4) is 0 Å². The smallest absolute Gasteiger partial charge is 0.215 e. The third-order valence-corrected chi connectivity index (χ3v) is 5.95. The van der Waals surface area contributed by atoms with Gasteiger partial charge < -0.3 is 9.64 Å². The zero-order valence-corrected chi connectivity index (χ0v) is 14.9. The summed E-state index contributed by atoms with van der Waals surface area (Å²) in [6.07, 6.45) is 3.84. The maximum Gasteiger partial charge on any atom is 0.215 e. The van der Waals surface area contributed by atoms with Gasteiger partial charge >= 0.3 is 0 Å². The van der Waals surface area contributed by atoms with E-state index in [2.05, 4.69) is 16.8 Å². The predicted molar refractivity (Wildman–Crippen MR) is 97.3 cm³/mol. The van der Waals surface area contributed by atoms with Crippen LogP contribution < -0.4 is 9.64 Å². The number of halogens is 1. The quantitative estimate of drug-likeness (QED) is 0.824. The lowest BCUT2D eigenvalue weighted by molar-refractivity contribution is 0.287. The molecule has 1 atom stereocenters. The Kier molecular flexibility index (Phi) is 4.28. The van der Waals surface area contributed by atoms with Crippen LogP contribution in [0.25, 0.3) is 0 Å². The molecule has 4 nitrogen and oxygen atoms in total. The molecular formula is C21H22FN3O. The maximum atomic E-state index is 14.0. The highest BCUT2D eigenvalue weighted by molar-refractivity contribution is 5.42. The number of piperidine rings is 1. The van der Waals surface area contributed by atoms with Crippen molar-refractivity contribution < 1.29 is 9.13 Å². The standard InChI is InChI=1S/C21H22FN3O/c1-15-12-21(15)7-9-25(10-8-21)19-3-2-4-20(24-19)26-14-17-6-5-16(13-23)11-18(17)22/h2-6,11,15H,7-10,12,14H2,1H3. The van der Waals surface area contributed by atoms with E-state index in [4.69, 9.17) is 10.00 Å². The molecule has 0 amide bonds. The molecule has 2 fully saturated rings. The Hall–Kier alpha value is -2.61. The van der Waals surface area contributed by atoms with Crippen molar-refractivity contribution in [2.75, 3.05) is 18.0 Å². The molecule has 134 valence electrons. The Morgan fingerprint density at radius 3 is 2.73 bits per heavy atom. The van der Waals surface area contributed by atoms with Crippen LogP contribution in [-0.4, -0.2) is 18.1 Å². The molecule has 1 spiro atoms. The van der Waals surface area contributed by atoms with Crippen molar-refractivity contribution in [3.8, 4) is 11.9 Å². The second-order valence-electron chi connectivity index (χ2n) is 7.50. The van der Waals surface area contributed by atoms with Crippen molar-refractivity contribution in [3.63, 3.8) is 0 Å². The Labute approximate surface area is 153 Å². The summed E-state index contributed by atoms with van der Waals surface area (Å²) < 4.78 is 19.6. The first-order valence-electron chi connectivity index (χ1n) is 9.13. The minimum Gasteiger partial charge on any atom is -0.473 e. The fourth-order valence-corrected chi connectivity index (χ4v) is 3.97. The van der Waals surface area contributed by atoms with Crippen LogP contribution >= 0.6 is 0 Å². The molecule has 1 aliphatic heterocycles. The van der Waals surface area contributed by atoms with Crippen LogP contribution in [0.5, 0.6) is 5.88 Å². The Bertz CT molecular complexity index is 853. The summed E-state index contributed by atoms with van der Waals surface area (Å²) in [5.74, 6) is 1.85. The van der Waals surface area contributed by atoms with Gasteiger partial charge in [0.2, 0.25) is 5.88 Å². The summed E-state index contributed by atoms with van der Waals surface area (Å²) in [6.45, 7) is 4.51. The largest absolute Gasteiger partial charge is 0.473 e. The molecule has 2 heterocycles. The molecule has 0 N–H and O–H groups in total. The van der Waals surface area contributed by atoms with Crippen molar-refractivity contribution in [2.45, 2.75) is 32.8 Å². The monoisotopic (exact) mass is 351 g/mol. The van der Waals surface area contributed by atoms with E-state index in [0.29, 0.717) is 22.4 Å². The van der Waals surface area contributed by atoms with Crippen molar-refractivity contribution in [2.24, 2.45) is 11.3 Å². The van der Waals surface area contributed by atoms with Crippen LogP contribution in [0.1, 0.15) is 37.3 Å². The summed E-state index contributed by atoms with van der Waals surface area (Å²) >= 11 is 0. The van der Waals surface area contributed by atoms with Gasteiger partial charge in [0.05, 0.1) is 11.6 Å². The van der Waals surface area contributed by atoms with Crippen LogP contribution in [0.4, 0.5) is 10.2 Å². The van der Waals surface area contributed by atoms with Gasteiger partial charge in [-0.05, 0) is 48.8 Å². The third-order valence-electron chi connectivity index (χ3n) is 5.95. The molecule has 26 heavy (non-hydrogen) atoms. The van der Waals surface area contributed by atoms with Gasteiger partial charge in [-0.15, -0.1) is 0 Å². The number of aromatic nitrogens is 1. The average Bonchev–Trinajstić information content (AvgIpc) is 3.29. The van der Waals surface area contributed by atoms with Gasteiger partial charge in [-0.25, -0.2) is 4.39 Å². The summed E-state index contributed by atoms with van der Waals surface area (Å²) in [5, 5.41) is 8.80. The number of nitriles is 1. The molecule has 2 aromatic rings. The van der Waals surface area contributed by atoms with Crippen LogP contribution in [0, 0.1) is 28.5 Å². The van der Waals surface area contributed by atoms with Gasteiger partial charge in [0.15, 0.2) is 0 Å². The molecule has 2 aliphatic rings. The first kappa shape index (κ1) is 16.8. The Balaban J connectivity index is 1.39. The first-order valence-corrected chi connectivity index (χ1v) is 9.13. The maximum absolute atomic E-state index is 14.0. The molecule has 0 bridgehead atoms. The van der Waals surface area contributed by atoms with Crippen molar-refractivity contribution in [1.29, 1.82) is 5.26 Å². The zero-order chi connectivity index (χ0) is 18.1. The second-order valence-corrected chi connectivity index (χ2v) is 7.50. The molecule has 1 aromatic carbocycles. The second kappa shape index (κ2) is 6.60. The number of hydrogen-bond donors (Lipinski definition) is 0. The van der Waals surface area contributed by atoms with E-state index >= 15 is 0 Å². The van der Waals surface area contributed by atoms with Crippen molar-refractivity contribution in [1.82, 2.24) is 4.98 Å². The minimum atomic E-state index is -0.430. The predicted octanol–water partition coefficient (Wildman–Crippen LogP) is 4.30. The number of pyridine rings is 1. The van der Waals surface area contributed by atoms with Crippen LogP contribution in [-0.2, 0) is 6.61 Å². The Morgan fingerprint density at radius 2 is 2.08 bits per heavy atom. The highest BCUT2D eigenvalue weighted by atomic mass is 19.1. The average molecular weight is 351 g/mol. The summed E-state index contributed by atoms with van der Waals surface area (Å²) in [4.78, 5) is 6.90. The number of benzene rings is 1. The van der Waals surface area contributed by atoms with Crippen LogP contribution in [0.2, 0.25) is 0 Å². The lowest BCUT2D eigenvalue weighted by Gasteiger charge is -2.33. The summed E-state index contributed by atoms with van der Waals surface area (Å²) in [5.41, 5.74) is 1.32. The summed E-state index contributed by atoms with van der Waals surface area (Å²) in [7, 11) is 0. The van der Waals surface area contributed by atoms with Gasteiger partial charge in [-0.2, -0.15) is 10.2 Å². The van der Waals surface area contributed by atoms with E-state index in [9.17, 15) is 4.39 Å². The molecule has 5 heteroatoms. The normalized spacial score (nSPS) is 20.7. The number of rotatable bonds is 4. The van der Waals surface area contributed by atoms with Gasteiger partial charge in [0.25, 0.3) is 0 Å². The summed E-state index contributed by atoms with van der Waals surface area (Å²) in [6, 6.07) is 12.0. The van der Waals surface area contributed by atoms with Crippen molar-refractivity contribution >= 4 is 5.82 Å². The van der Waals surface area contributed by atoms with Gasteiger partial charge in [-0.1, -0.05) is 19.1 Å². The molecule has 1 saturated carbocycles. The highest BCUT2D eigenvalue weighted by Crippen LogP contribution is 2.59. The zero-order valence-electron chi connectivity index (χ0n) is 14.9. The van der Waals surface area contributed by atoms with Gasteiger partial charge in [0.1, 0.15) is 18.2 Å². The third kappa shape index (κ3) is 3.24. The molecule has 1 unspecified atom stereocenters. The lowest BCUT2D eigenvalue weighted by atomic mass is 9.91.